The summed E-state index contributed by atoms with van der Waals surface area (Å²) in [5, 5.41) is 2.61. The van der Waals surface area contributed by atoms with E-state index in [1.165, 1.54) is 0 Å². The van der Waals surface area contributed by atoms with Gasteiger partial charge in [-0.25, -0.2) is 8.78 Å². The maximum Gasteiger partial charge on any atom is 0.251 e. The first-order valence-corrected chi connectivity index (χ1v) is 6.74. The summed E-state index contributed by atoms with van der Waals surface area (Å²) in [5.41, 5.74) is 0.740. The Morgan fingerprint density at radius 3 is 2.41 bits per heavy atom. The molecule has 0 saturated heterocycles. The molecule has 0 saturated carbocycles. The third kappa shape index (κ3) is 3.16. The first kappa shape index (κ1) is 14.3. The quantitative estimate of drug-likeness (QED) is 0.948. The highest BCUT2D eigenvalue weighted by atomic mass is 19.1. The maximum atomic E-state index is 13.1. The van der Waals surface area contributed by atoms with E-state index in [4.69, 9.17) is 9.47 Å². The van der Waals surface area contributed by atoms with Gasteiger partial charge in [0.15, 0.2) is 11.5 Å². The van der Waals surface area contributed by atoms with Gasteiger partial charge >= 0.3 is 0 Å². The van der Waals surface area contributed by atoms with Crippen molar-refractivity contribution < 1.29 is 23.0 Å². The van der Waals surface area contributed by atoms with E-state index in [1.54, 1.807) is 18.2 Å². The van der Waals surface area contributed by atoms with E-state index in [0.717, 1.165) is 23.8 Å². The monoisotopic (exact) mass is 305 g/mol. The van der Waals surface area contributed by atoms with Crippen LogP contribution < -0.4 is 14.8 Å². The van der Waals surface area contributed by atoms with Crippen LogP contribution in [0.3, 0.4) is 0 Å². The number of halogens is 2. The molecule has 22 heavy (non-hydrogen) atoms. The Bertz CT molecular complexity index is 698. The SMILES string of the molecule is O=C(NCc1ccc2c(c1)OCCO2)c1cc(F)cc(F)c1. The lowest BCUT2D eigenvalue weighted by Gasteiger charge is -2.19. The fraction of sp³-hybridized carbons (Fsp3) is 0.188. The first-order valence-electron chi connectivity index (χ1n) is 6.74. The summed E-state index contributed by atoms with van der Waals surface area (Å²) in [5.74, 6) is -0.842. The fourth-order valence-corrected chi connectivity index (χ4v) is 2.17. The lowest BCUT2D eigenvalue weighted by atomic mass is 10.1. The van der Waals surface area contributed by atoms with Crippen LogP contribution in [-0.2, 0) is 6.54 Å². The number of benzene rings is 2. The standard InChI is InChI=1S/C16H13F2NO3/c17-12-6-11(7-13(18)8-12)16(20)19-9-10-1-2-14-15(5-10)22-4-3-21-14/h1-2,5-8H,3-4,9H2,(H,19,20). The van der Waals surface area contributed by atoms with Crippen molar-refractivity contribution in [2.45, 2.75) is 6.54 Å². The van der Waals surface area contributed by atoms with E-state index in [0.29, 0.717) is 24.7 Å². The average molecular weight is 305 g/mol. The summed E-state index contributed by atoms with van der Waals surface area (Å²) in [4.78, 5) is 11.9. The minimum absolute atomic E-state index is 0.0601. The number of ether oxygens (including phenoxy) is 2. The van der Waals surface area contributed by atoms with Gasteiger partial charge in [-0.15, -0.1) is 0 Å². The van der Waals surface area contributed by atoms with Crippen molar-refractivity contribution in [1.82, 2.24) is 5.32 Å². The summed E-state index contributed by atoms with van der Waals surface area (Å²) in [7, 11) is 0. The Kier molecular flexibility index (Phi) is 3.91. The Morgan fingerprint density at radius 1 is 1.00 bits per heavy atom. The van der Waals surface area contributed by atoms with Crippen LogP contribution in [0.25, 0.3) is 0 Å². The fourth-order valence-electron chi connectivity index (χ4n) is 2.17. The number of amides is 1. The van der Waals surface area contributed by atoms with Crippen LogP contribution >= 0.6 is 0 Å². The lowest BCUT2D eigenvalue weighted by Crippen LogP contribution is -2.23. The van der Waals surface area contributed by atoms with Gasteiger partial charge in [-0.1, -0.05) is 6.07 Å². The zero-order valence-corrected chi connectivity index (χ0v) is 11.6. The van der Waals surface area contributed by atoms with E-state index in [2.05, 4.69) is 5.32 Å². The lowest BCUT2D eigenvalue weighted by molar-refractivity contribution is 0.0950. The zero-order valence-electron chi connectivity index (χ0n) is 11.6. The Hall–Kier alpha value is -2.63. The molecule has 0 aliphatic carbocycles. The van der Waals surface area contributed by atoms with E-state index in [9.17, 15) is 13.6 Å². The molecule has 2 aromatic rings. The number of carbonyl (C=O) groups excluding carboxylic acids is 1. The predicted molar refractivity (Wildman–Crippen MR) is 75.0 cm³/mol. The van der Waals surface area contributed by atoms with Crippen LogP contribution in [0.4, 0.5) is 8.78 Å². The summed E-state index contributed by atoms with van der Waals surface area (Å²) in [6.45, 7) is 1.20. The summed E-state index contributed by atoms with van der Waals surface area (Å²) >= 11 is 0. The molecule has 1 amide bonds. The minimum Gasteiger partial charge on any atom is -0.486 e. The van der Waals surface area contributed by atoms with Crippen molar-refractivity contribution in [3.63, 3.8) is 0 Å². The van der Waals surface area contributed by atoms with E-state index in [1.807, 2.05) is 0 Å². The second kappa shape index (κ2) is 6.01. The highest BCUT2D eigenvalue weighted by molar-refractivity contribution is 5.94. The smallest absolute Gasteiger partial charge is 0.251 e. The van der Waals surface area contributed by atoms with Crippen molar-refractivity contribution in [1.29, 1.82) is 0 Å². The number of hydrogen-bond donors (Lipinski definition) is 1. The van der Waals surface area contributed by atoms with Crippen molar-refractivity contribution in [3.05, 3.63) is 59.2 Å². The third-order valence-electron chi connectivity index (χ3n) is 3.18. The van der Waals surface area contributed by atoms with Crippen molar-refractivity contribution in [2.24, 2.45) is 0 Å². The molecule has 114 valence electrons. The summed E-state index contributed by atoms with van der Waals surface area (Å²) < 4.78 is 37.0. The molecule has 1 aliphatic heterocycles. The van der Waals surface area contributed by atoms with Crippen LogP contribution in [0.5, 0.6) is 11.5 Å². The predicted octanol–water partition coefficient (Wildman–Crippen LogP) is 2.67. The summed E-state index contributed by atoms with van der Waals surface area (Å²) in [6, 6.07) is 8.01. The maximum absolute atomic E-state index is 13.1. The molecule has 1 aliphatic rings. The second-order valence-corrected chi connectivity index (χ2v) is 4.82. The van der Waals surface area contributed by atoms with Crippen LogP contribution in [0.15, 0.2) is 36.4 Å². The van der Waals surface area contributed by atoms with Crippen molar-refractivity contribution >= 4 is 5.91 Å². The molecule has 4 nitrogen and oxygen atoms in total. The summed E-state index contributed by atoms with van der Waals surface area (Å²) in [6.07, 6.45) is 0. The van der Waals surface area contributed by atoms with Crippen LogP contribution in [0.1, 0.15) is 15.9 Å². The number of nitrogens with one attached hydrogen (secondary N) is 1. The molecule has 6 heteroatoms. The molecule has 1 N–H and O–H groups in total. The molecular formula is C16H13F2NO3. The Morgan fingerprint density at radius 2 is 1.68 bits per heavy atom. The topological polar surface area (TPSA) is 47.6 Å². The van der Waals surface area contributed by atoms with Gasteiger partial charge in [0.2, 0.25) is 0 Å². The molecule has 0 bridgehead atoms. The molecule has 0 spiro atoms. The molecule has 0 atom stereocenters. The molecule has 0 radical (unpaired) electrons. The van der Waals surface area contributed by atoms with Crippen molar-refractivity contribution in [2.75, 3.05) is 13.2 Å². The largest absolute Gasteiger partial charge is 0.486 e. The molecule has 3 rings (SSSR count). The van der Waals surface area contributed by atoms with Gasteiger partial charge in [-0.05, 0) is 29.8 Å². The highest BCUT2D eigenvalue weighted by Crippen LogP contribution is 2.30. The van der Waals surface area contributed by atoms with Gasteiger partial charge in [0, 0.05) is 18.2 Å². The van der Waals surface area contributed by atoms with Crippen LogP contribution in [-0.4, -0.2) is 19.1 Å². The van der Waals surface area contributed by atoms with Crippen LogP contribution in [0.2, 0.25) is 0 Å². The number of hydrogen-bond acceptors (Lipinski definition) is 3. The molecular weight excluding hydrogens is 292 g/mol. The molecule has 2 aromatic carbocycles. The molecule has 0 aromatic heterocycles. The van der Waals surface area contributed by atoms with Gasteiger partial charge < -0.3 is 14.8 Å². The van der Waals surface area contributed by atoms with Gasteiger partial charge in [0.05, 0.1) is 0 Å². The number of fused-ring (bicyclic) bond motifs is 1. The number of rotatable bonds is 3. The molecule has 1 heterocycles. The average Bonchev–Trinajstić information content (AvgIpc) is 2.51. The van der Waals surface area contributed by atoms with Gasteiger partial charge in [0.25, 0.3) is 5.91 Å². The highest BCUT2D eigenvalue weighted by Gasteiger charge is 2.13. The first-order chi connectivity index (χ1) is 10.6. The number of carbonyl (C=O) groups is 1. The van der Waals surface area contributed by atoms with Gasteiger partial charge in [0.1, 0.15) is 24.8 Å². The van der Waals surface area contributed by atoms with E-state index in [-0.39, 0.29) is 12.1 Å². The molecule has 0 fully saturated rings. The molecule has 0 unspecified atom stereocenters. The van der Waals surface area contributed by atoms with Gasteiger partial charge in [-0.2, -0.15) is 0 Å². The minimum atomic E-state index is -0.788. The van der Waals surface area contributed by atoms with Crippen molar-refractivity contribution in [3.8, 4) is 11.5 Å². The van der Waals surface area contributed by atoms with Gasteiger partial charge in [-0.3, -0.25) is 4.79 Å². The normalized spacial score (nSPS) is 12.8. The van der Waals surface area contributed by atoms with Crippen LogP contribution in [0, 0.1) is 11.6 Å². The van der Waals surface area contributed by atoms with E-state index < -0.39 is 17.5 Å². The Balaban J connectivity index is 1.68. The second-order valence-electron chi connectivity index (χ2n) is 4.82. The van der Waals surface area contributed by atoms with E-state index >= 15 is 0 Å². The third-order valence-corrected chi connectivity index (χ3v) is 3.18. The zero-order chi connectivity index (χ0) is 15.5. The Labute approximate surface area is 125 Å².